The molecule has 0 aromatic heterocycles. The van der Waals surface area contributed by atoms with E-state index in [0.717, 1.165) is 12.5 Å². The van der Waals surface area contributed by atoms with Gasteiger partial charge in [0.1, 0.15) is 0 Å². The van der Waals surface area contributed by atoms with Crippen molar-refractivity contribution in [2.75, 3.05) is 40.3 Å². The van der Waals surface area contributed by atoms with Crippen molar-refractivity contribution in [2.45, 2.75) is 39.2 Å². The summed E-state index contributed by atoms with van der Waals surface area (Å²) in [6, 6.07) is 0.556. The van der Waals surface area contributed by atoms with Crippen LogP contribution in [0.2, 0.25) is 0 Å². The molecule has 3 unspecified atom stereocenters. The molecule has 0 radical (unpaired) electrons. The summed E-state index contributed by atoms with van der Waals surface area (Å²) in [6.07, 6.45) is 3.90. The van der Waals surface area contributed by atoms with Crippen LogP contribution in [-0.2, 0) is 0 Å². The number of hydrogen-bond donors (Lipinski definition) is 1. The predicted molar refractivity (Wildman–Crippen MR) is 75.1 cm³/mol. The largest absolute Gasteiger partial charge is 0.329 e. The molecule has 3 nitrogen and oxygen atoms in total. The second-order valence-electron chi connectivity index (χ2n) is 5.93. The van der Waals surface area contributed by atoms with Crippen LogP contribution in [0.25, 0.3) is 0 Å². The molecule has 1 saturated heterocycles. The van der Waals surface area contributed by atoms with Crippen molar-refractivity contribution < 1.29 is 0 Å². The average Bonchev–Trinajstić information content (AvgIpc) is 2.65. The first-order chi connectivity index (χ1) is 8.08. The van der Waals surface area contributed by atoms with Gasteiger partial charge < -0.3 is 15.5 Å². The fourth-order valence-corrected chi connectivity index (χ4v) is 3.21. The maximum absolute atomic E-state index is 5.95. The van der Waals surface area contributed by atoms with E-state index in [1.54, 1.807) is 0 Å². The van der Waals surface area contributed by atoms with Crippen LogP contribution in [0.15, 0.2) is 0 Å². The normalized spacial score (nSPS) is 25.4. The van der Waals surface area contributed by atoms with Gasteiger partial charge in [0.05, 0.1) is 0 Å². The molecule has 0 spiro atoms. The van der Waals surface area contributed by atoms with Gasteiger partial charge in [-0.15, -0.1) is 0 Å². The lowest BCUT2D eigenvalue weighted by Gasteiger charge is -2.33. The molecule has 17 heavy (non-hydrogen) atoms. The lowest BCUT2D eigenvalue weighted by Crippen LogP contribution is -2.44. The maximum Gasteiger partial charge on any atom is 0.0241 e. The van der Waals surface area contributed by atoms with Gasteiger partial charge in [0, 0.05) is 25.7 Å². The standard InChI is InChI=1S/C14H31N3/c1-5-6-12(2)14(9-15)17(4)11-13-7-8-16(3)10-13/h12-14H,5-11,15H2,1-4H3. The monoisotopic (exact) mass is 241 g/mol. The minimum atomic E-state index is 0.556. The zero-order valence-corrected chi connectivity index (χ0v) is 12.2. The molecule has 1 fully saturated rings. The summed E-state index contributed by atoms with van der Waals surface area (Å²) >= 11 is 0. The molecule has 2 N–H and O–H groups in total. The van der Waals surface area contributed by atoms with Gasteiger partial charge in [-0.1, -0.05) is 20.3 Å². The highest BCUT2D eigenvalue weighted by atomic mass is 15.2. The maximum atomic E-state index is 5.95. The quantitative estimate of drug-likeness (QED) is 0.735. The molecule has 1 heterocycles. The topological polar surface area (TPSA) is 32.5 Å². The number of nitrogens with two attached hydrogens (primary N) is 1. The zero-order valence-electron chi connectivity index (χ0n) is 12.2. The van der Waals surface area contributed by atoms with E-state index in [1.807, 2.05) is 0 Å². The Morgan fingerprint density at radius 3 is 2.65 bits per heavy atom. The molecular weight excluding hydrogens is 210 g/mol. The van der Waals surface area contributed by atoms with Gasteiger partial charge in [0.2, 0.25) is 0 Å². The van der Waals surface area contributed by atoms with Gasteiger partial charge in [0.25, 0.3) is 0 Å². The summed E-state index contributed by atoms with van der Waals surface area (Å²) in [5, 5.41) is 0. The van der Waals surface area contributed by atoms with Crippen molar-refractivity contribution in [1.29, 1.82) is 0 Å². The van der Waals surface area contributed by atoms with E-state index in [1.165, 1.54) is 38.9 Å². The number of likely N-dealkylation sites (N-methyl/N-ethyl adjacent to an activating group) is 1. The van der Waals surface area contributed by atoms with Gasteiger partial charge >= 0.3 is 0 Å². The molecule has 3 atom stereocenters. The summed E-state index contributed by atoms with van der Waals surface area (Å²) in [6.45, 7) is 9.12. The van der Waals surface area contributed by atoms with Gasteiger partial charge in [-0.05, 0) is 45.3 Å². The molecule has 0 aliphatic carbocycles. The van der Waals surface area contributed by atoms with Crippen molar-refractivity contribution in [2.24, 2.45) is 17.6 Å². The van der Waals surface area contributed by atoms with Crippen molar-refractivity contribution in [1.82, 2.24) is 9.80 Å². The zero-order chi connectivity index (χ0) is 12.8. The Hall–Kier alpha value is -0.120. The first-order valence-electron chi connectivity index (χ1n) is 7.17. The Morgan fingerprint density at radius 1 is 1.47 bits per heavy atom. The summed E-state index contributed by atoms with van der Waals surface area (Å²) in [5.74, 6) is 1.56. The van der Waals surface area contributed by atoms with Crippen LogP contribution >= 0.6 is 0 Å². The Bertz CT molecular complexity index is 208. The first kappa shape index (κ1) is 14.9. The lowest BCUT2D eigenvalue weighted by molar-refractivity contribution is 0.158. The highest BCUT2D eigenvalue weighted by Gasteiger charge is 2.25. The second-order valence-corrected chi connectivity index (χ2v) is 5.93. The van der Waals surface area contributed by atoms with E-state index in [0.29, 0.717) is 12.0 Å². The van der Waals surface area contributed by atoms with E-state index in [4.69, 9.17) is 5.73 Å². The molecule has 3 heteroatoms. The molecule has 1 rings (SSSR count). The van der Waals surface area contributed by atoms with E-state index in [2.05, 4.69) is 37.7 Å². The van der Waals surface area contributed by atoms with Crippen LogP contribution in [0.3, 0.4) is 0 Å². The molecule has 0 saturated carbocycles. The number of likely N-dealkylation sites (tertiary alicyclic amines) is 1. The number of nitrogens with zero attached hydrogens (tertiary/aromatic N) is 2. The molecule has 0 amide bonds. The number of hydrogen-bond acceptors (Lipinski definition) is 3. The van der Waals surface area contributed by atoms with Crippen molar-refractivity contribution >= 4 is 0 Å². The predicted octanol–water partition coefficient (Wildman–Crippen LogP) is 1.63. The Morgan fingerprint density at radius 2 is 2.18 bits per heavy atom. The number of rotatable bonds is 7. The molecule has 0 bridgehead atoms. The van der Waals surface area contributed by atoms with Crippen LogP contribution in [-0.4, -0.2) is 56.1 Å². The Labute approximate surface area is 107 Å². The first-order valence-corrected chi connectivity index (χ1v) is 7.17. The van der Waals surface area contributed by atoms with Crippen molar-refractivity contribution in [3.63, 3.8) is 0 Å². The molecule has 0 aromatic carbocycles. The van der Waals surface area contributed by atoms with Gasteiger partial charge in [0.15, 0.2) is 0 Å². The van der Waals surface area contributed by atoms with Gasteiger partial charge in [-0.2, -0.15) is 0 Å². The summed E-state index contributed by atoms with van der Waals surface area (Å²) in [4.78, 5) is 4.94. The van der Waals surface area contributed by atoms with Crippen molar-refractivity contribution in [3.8, 4) is 0 Å². The van der Waals surface area contributed by atoms with Crippen LogP contribution in [0.5, 0.6) is 0 Å². The van der Waals surface area contributed by atoms with Crippen molar-refractivity contribution in [3.05, 3.63) is 0 Å². The highest BCUT2D eigenvalue weighted by molar-refractivity contribution is 4.81. The van der Waals surface area contributed by atoms with Crippen LogP contribution in [0.1, 0.15) is 33.1 Å². The molecule has 102 valence electrons. The Balaban J connectivity index is 2.40. The third kappa shape index (κ3) is 4.57. The molecule has 0 aromatic rings. The SMILES string of the molecule is CCCC(C)C(CN)N(C)CC1CCN(C)C1. The van der Waals surface area contributed by atoms with Crippen LogP contribution in [0, 0.1) is 11.8 Å². The van der Waals surface area contributed by atoms with E-state index in [9.17, 15) is 0 Å². The molecular formula is C14H31N3. The Kier molecular flexibility index (Phi) is 6.45. The highest BCUT2D eigenvalue weighted by Crippen LogP contribution is 2.20. The van der Waals surface area contributed by atoms with Crippen LogP contribution < -0.4 is 5.73 Å². The minimum absolute atomic E-state index is 0.556. The molecule has 1 aliphatic heterocycles. The van der Waals surface area contributed by atoms with Crippen LogP contribution in [0.4, 0.5) is 0 Å². The third-order valence-corrected chi connectivity index (χ3v) is 4.24. The fourth-order valence-electron chi connectivity index (χ4n) is 3.21. The third-order valence-electron chi connectivity index (χ3n) is 4.24. The fraction of sp³-hybridized carbons (Fsp3) is 1.00. The minimum Gasteiger partial charge on any atom is -0.329 e. The van der Waals surface area contributed by atoms with Gasteiger partial charge in [-0.3, -0.25) is 0 Å². The van der Waals surface area contributed by atoms with Gasteiger partial charge in [-0.25, -0.2) is 0 Å². The molecule has 1 aliphatic rings. The lowest BCUT2D eigenvalue weighted by atomic mass is 9.95. The van der Waals surface area contributed by atoms with E-state index in [-0.39, 0.29) is 0 Å². The average molecular weight is 241 g/mol. The summed E-state index contributed by atoms with van der Waals surface area (Å²) in [7, 11) is 4.47. The summed E-state index contributed by atoms with van der Waals surface area (Å²) < 4.78 is 0. The van der Waals surface area contributed by atoms with E-state index >= 15 is 0 Å². The van der Waals surface area contributed by atoms with E-state index < -0.39 is 0 Å². The smallest absolute Gasteiger partial charge is 0.0241 e. The second kappa shape index (κ2) is 7.34. The summed E-state index contributed by atoms with van der Waals surface area (Å²) in [5.41, 5.74) is 5.95.